The van der Waals surface area contributed by atoms with Gasteiger partial charge in [0.1, 0.15) is 11.8 Å². The molecule has 2 aromatic carbocycles. The lowest BCUT2D eigenvalue weighted by Crippen LogP contribution is -1.91. The molecule has 3 aromatic rings. The van der Waals surface area contributed by atoms with Gasteiger partial charge < -0.3 is 9.52 Å². The number of nitro groups is 1. The van der Waals surface area contributed by atoms with Crippen LogP contribution in [-0.4, -0.2) is 10.0 Å². The molecule has 0 saturated carbocycles. The summed E-state index contributed by atoms with van der Waals surface area (Å²) in [6.07, 6.45) is 1.23. The summed E-state index contributed by atoms with van der Waals surface area (Å²) >= 11 is 0. The van der Waals surface area contributed by atoms with Gasteiger partial charge in [0.2, 0.25) is 0 Å². The van der Waals surface area contributed by atoms with Gasteiger partial charge in [-0.2, -0.15) is 0 Å². The summed E-state index contributed by atoms with van der Waals surface area (Å²) in [5, 5.41) is 21.2. The Hall–Kier alpha value is -2.82. The monoisotopic (exact) mass is 255 g/mol. The highest BCUT2D eigenvalue weighted by Crippen LogP contribution is 2.38. The van der Waals surface area contributed by atoms with E-state index in [1.165, 1.54) is 12.3 Å². The number of hydrogen-bond donors (Lipinski definition) is 1. The molecule has 0 bridgehead atoms. The van der Waals surface area contributed by atoms with Crippen LogP contribution in [0.5, 0.6) is 5.75 Å². The van der Waals surface area contributed by atoms with Crippen molar-refractivity contribution in [3.05, 3.63) is 58.8 Å². The predicted octanol–water partition coefficient (Wildman–Crippen LogP) is 3.71. The summed E-state index contributed by atoms with van der Waals surface area (Å²) < 4.78 is 5.30. The van der Waals surface area contributed by atoms with E-state index < -0.39 is 4.92 Å². The highest BCUT2D eigenvalue weighted by molar-refractivity contribution is 5.97. The summed E-state index contributed by atoms with van der Waals surface area (Å²) in [6, 6.07) is 11.6. The lowest BCUT2D eigenvalue weighted by molar-refractivity contribution is -0.384. The van der Waals surface area contributed by atoms with E-state index in [0.717, 1.165) is 0 Å². The second-order valence-corrected chi connectivity index (χ2v) is 4.08. The molecule has 0 fully saturated rings. The third kappa shape index (κ3) is 1.72. The van der Waals surface area contributed by atoms with Crippen LogP contribution < -0.4 is 0 Å². The zero-order valence-corrected chi connectivity index (χ0v) is 9.74. The van der Waals surface area contributed by atoms with Gasteiger partial charge >= 0.3 is 0 Å². The van der Waals surface area contributed by atoms with Crippen molar-refractivity contribution in [1.82, 2.24) is 0 Å². The number of hydrogen-bond acceptors (Lipinski definition) is 4. The Morgan fingerprint density at radius 1 is 1.05 bits per heavy atom. The van der Waals surface area contributed by atoms with Gasteiger partial charge in [-0.05, 0) is 12.1 Å². The summed E-state index contributed by atoms with van der Waals surface area (Å²) in [7, 11) is 0. The zero-order chi connectivity index (χ0) is 13.4. The molecule has 0 aliphatic carbocycles. The molecule has 0 radical (unpaired) electrons. The molecule has 94 valence electrons. The lowest BCUT2D eigenvalue weighted by Gasteiger charge is -2.03. The molecule has 19 heavy (non-hydrogen) atoms. The molecule has 1 N–H and O–H groups in total. The Balaban J connectivity index is 2.34. The maximum atomic E-state index is 11.1. The summed E-state index contributed by atoms with van der Waals surface area (Å²) in [4.78, 5) is 10.6. The predicted molar refractivity (Wildman–Crippen MR) is 70.0 cm³/mol. The van der Waals surface area contributed by atoms with Gasteiger partial charge in [0.15, 0.2) is 5.75 Å². The van der Waals surface area contributed by atoms with Gasteiger partial charge in [0.25, 0.3) is 5.69 Å². The molecule has 5 heteroatoms. The van der Waals surface area contributed by atoms with Crippen LogP contribution in [0, 0.1) is 10.1 Å². The van der Waals surface area contributed by atoms with Crippen LogP contribution in [0.1, 0.15) is 0 Å². The highest BCUT2D eigenvalue weighted by Gasteiger charge is 2.18. The SMILES string of the molecule is O=[N+]([O-])c1ccccc1-c1cccc2c(O)coc12. The first-order valence-electron chi connectivity index (χ1n) is 5.61. The second kappa shape index (κ2) is 4.13. The fraction of sp³-hybridized carbons (Fsp3) is 0. The second-order valence-electron chi connectivity index (χ2n) is 4.08. The quantitative estimate of drug-likeness (QED) is 0.559. The van der Waals surface area contributed by atoms with E-state index in [1.807, 2.05) is 0 Å². The van der Waals surface area contributed by atoms with E-state index in [2.05, 4.69) is 0 Å². The molecule has 0 unspecified atom stereocenters. The van der Waals surface area contributed by atoms with Crippen LogP contribution in [-0.2, 0) is 0 Å². The van der Waals surface area contributed by atoms with Gasteiger partial charge in [-0.3, -0.25) is 10.1 Å². The van der Waals surface area contributed by atoms with E-state index in [0.29, 0.717) is 22.1 Å². The van der Waals surface area contributed by atoms with E-state index in [1.54, 1.807) is 36.4 Å². The van der Waals surface area contributed by atoms with Crippen LogP contribution in [0.3, 0.4) is 0 Å². The average Bonchev–Trinajstić information content (AvgIpc) is 2.81. The number of para-hydroxylation sites is 2. The number of nitrogens with zero attached hydrogens (tertiary/aromatic N) is 1. The van der Waals surface area contributed by atoms with Crippen molar-refractivity contribution in [1.29, 1.82) is 0 Å². The minimum Gasteiger partial charge on any atom is -0.504 e. The summed E-state index contributed by atoms with van der Waals surface area (Å²) in [6.45, 7) is 0. The number of fused-ring (bicyclic) bond motifs is 1. The maximum absolute atomic E-state index is 11.1. The van der Waals surface area contributed by atoms with Crippen molar-refractivity contribution in [2.45, 2.75) is 0 Å². The molecule has 1 heterocycles. The van der Waals surface area contributed by atoms with Gasteiger partial charge in [-0.25, -0.2) is 0 Å². The molecular formula is C14H9NO4. The third-order valence-corrected chi connectivity index (χ3v) is 2.97. The van der Waals surface area contributed by atoms with Gasteiger partial charge in [-0.1, -0.05) is 24.3 Å². The van der Waals surface area contributed by atoms with Crippen LogP contribution >= 0.6 is 0 Å². The van der Waals surface area contributed by atoms with Crippen molar-refractivity contribution in [3.8, 4) is 16.9 Å². The normalized spacial score (nSPS) is 10.7. The first-order chi connectivity index (χ1) is 9.18. The molecule has 0 aliphatic heterocycles. The van der Waals surface area contributed by atoms with Gasteiger partial charge in [0.05, 0.1) is 15.9 Å². The Bertz CT molecular complexity index is 776. The highest BCUT2D eigenvalue weighted by atomic mass is 16.6. The Morgan fingerprint density at radius 2 is 1.79 bits per heavy atom. The first kappa shape index (κ1) is 11.3. The third-order valence-electron chi connectivity index (χ3n) is 2.97. The average molecular weight is 255 g/mol. The Labute approximate surface area is 107 Å². The van der Waals surface area contributed by atoms with Crippen LogP contribution in [0.15, 0.2) is 53.1 Å². The number of benzene rings is 2. The minimum atomic E-state index is -0.434. The zero-order valence-electron chi connectivity index (χ0n) is 9.74. The number of aromatic hydroxyl groups is 1. The van der Waals surface area contributed by atoms with E-state index in [9.17, 15) is 15.2 Å². The Morgan fingerprint density at radius 3 is 2.58 bits per heavy atom. The summed E-state index contributed by atoms with van der Waals surface area (Å²) in [5.41, 5.74) is 1.50. The number of nitro benzene ring substituents is 1. The van der Waals surface area contributed by atoms with Crippen molar-refractivity contribution < 1.29 is 14.4 Å². The smallest absolute Gasteiger partial charge is 0.277 e. The molecular weight excluding hydrogens is 246 g/mol. The fourth-order valence-corrected chi connectivity index (χ4v) is 2.12. The molecule has 0 aliphatic rings. The fourth-order valence-electron chi connectivity index (χ4n) is 2.12. The van der Waals surface area contributed by atoms with Crippen molar-refractivity contribution >= 4 is 16.7 Å². The van der Waals surface area contributed by atoms with Crippen molar-refractivity contribution in [2.75, 3.05) is 0 Å². The van der Waals surface area contributed by atoms with Crippen LogP contribution in [0.25, 0.3) is 22.1 Å². The van der Waals surface area contributed by atoms with E-state index in [-0.39, 0.29) is 11.4 Å². The van der Waals surface area contributed by atoms with Gasteiger partial charge in [-0.15, -0.1) is 0 Å². The molecule has 1 aromatic heterocycles. The van der Waals surface area contributed by atoms with Crippen molar-refractivity contribution in [2.24, 2.45) is 0 Å². The van der Waals surface area contributed by atoms with E-state index in [4.69, 9.17) is 4.42 Å². The topological polar surface area (TPSA) is 76.5 Å². The standard InChI is InChI=1S/C14H9NO4/c16-13-8-19-14-10(5-3-6-11(13)14)9-4-1-2-7-12(9)15(17)18/h1-8,16H. The molecule has 0 atom stereocenters. The molecule has 0 amide bonds. The molecule has 3 rings (SSSR count). The van der Waals surface area contributed by atoms with Crippen LogP contribution in [0.4, 0.5) is 5.69 Å². The minimum absolute atomic E-state index is 0.00545. The molecule has 5 nitrogen and oxygen atoms in total. The van der Waals surface area contributed by atoms with Crippen molar-refractivity contribution in [3.63, 3.8) is 0 Å². The number of rotatable bonds is 2. The van der Waals surface area contributed by atoms with E-state index >= 15 is 0 Å². The van der Waals surface area contributed by atoms with Crippen LogP contribution in [0.2, 0.25) is 0 Å². The number of furan rings is 1. The largest absolute Gasteiger partial charge is 0.504 e. The molecule has 0 saturated heterocycles. The lowest BCUT2D eigenvalue weighted by atomic mass is 10.0. The first-order valence-corrected chi connectivity index (χ1v) is 5.61. The Kier molecular flexibility index (Phi) is 2.45. The van der Waals surface area contributed by atoms with Gasteiger partial charge in [0, 0.05) is 11.6 Å². The summed E-state index contributed by atoms with van der Waals surface area (Å²) in [5.74, 6) is 0.0236. The maximum Gasteiger partial charge on any atom is 0.277 e. The molecule has 0 spiro atoms.